The van der Waals surface area contributed by atoms with Gasteiger partial charge in [-0.05, 0) is 38.1 Å². The van der Waals surface area contributed by atoms with Crippen LogP contribution in [0.25, 0.3) is 0 Å². The van der Waals surface area contributed by atoms with Crippen LogP contribution in [0.5, 0.6) is 0 Å². The van der Waals surface area contributed by atoms with Crippen LogP contribution in [0.4, 0.5) is 5.69 Å². The van der Waals surface area contributed by atoms with Crippen molar-refractivity contribution in [2.75, 3.05) is 25.6 Å². The Bertz CT molecular complexity index is 607. The molecule has 2 N–H and O–H groups in total. The van der Waals surface area contributed by atoms with E-state index < -0.39 is 10.0 Å². The summed E-state index contributed by atoms with van der Waals surface area (Å²) in [6.07, 6.45) is 0.694. The summed E-state index contributed by atoms with van der Waals surface area (Å²) >= 11 is 0. The van der Waals surface area contributed by atoms with Gasteiger partial charge in [0.15, 0.2) is 0 Å². The number of nitrogens with one attached hydrogen (secondary N) is 2. The molecule has 0 spiro atoms. The normalized spacial score (nSPS) is 19.0. The summed E-state index contributed by atoms with van der Waals surface area (Å²) in [5, 5.41) is 2.78. The quantitative estimate of drug-likeness (QED) is 0.864. The van der Waals surface area contributed by atoms with Crippen molar-refractivity contribution in [3.8, 4) is 0 Å². The van der Waals surface area contributed by atoms with Gasteiger partial charge < -0.3 is 10.1 Å². The fourth-order valence-corrected chi connectivity index (χ4v) is 2.75. The molecule has 1 aliphatic rings. The molecule has 1 amide bonds. The first-order chi connectivity index (χ1) is 9.44. The standard InChI is InChI=1S/C13H18N2O4S/c1-9-3-4-11(20(17,18)14-2)7-12(9)15-13(16)10-5-6-19-8-10/h3-4,7,10,14H,5-6,8H2,1-2H3,(H,15,16). The minimum Gasteiger partial charge on any atom is -0.381 e. The highest BCUT2D eigenvalue weighted by atomic mass is 32.2. The van der Waals surface area contributed by atoms with Crippen molar-refractivity contribution in [1.82, 2.24) is 4.72 Å². The SMILES string of the molecule is CNS(=O)(=O)c1ccc(C)c(NC(=O)C2CCOC2)c1. The van der Waals surface area contributed by atoms with E-state index in [0.717, 1.165) is 5.56 Å². The number of rotatable bonds is 4. The number of anilines is 1. The van der Waals surface area contributed by atoms with E-state index in [1.165, 1.54) is 19.2 Å². The fraction of sp³-hybridized carbons (Fsp3) is 0.462. The van der Waals surface area contributed by atoms with Gasteiger partial charge in [0, 0.05) is 12.3 Å². The molecule has 2 rings (SSSR count). The molecule has 1 saturated heterocycles. The Morgan fingerprint density at radius 1 is 1.40 bits per heavy atom. The molecule has 1 aliphatic heterocycles. The topological polar surface area (TPSA) is 84.5 Å². The Hall–Kier alpha value is -1.44. The fourth-order valence-electron chi connectivity index (χ4n) is 2.00. The summed E-state index contributed by atoms with van der Waals surface area (Å²) in [5.74, 6) is -0.302. The molecule has 1 aromatic carbocycles. The zero-order valence-corrected chi connectivity index (χ0v) is 12.3. The first-order valence-electron chi connectivity index (χ1n) is 6.37. The molecule has 0 aliphatic carbocycles. The second-order valence-electron chi connectivity index (χ2n) is 4.73. The molecule has 1 unspecified atom stereocenters. The predicted octanol–water partition coefficient (Wildman–Crippen LogP) is 0.878. The summed E-state index contributed by atoms with van der Waals surface area (Å²) in [6, 6.07) is 4.65. The van der Waals surface area contributed by atoms with E-state index in [-0.39, 0.29) is 16.7 Å². The monoisotopic (exact) mass is 298 g/mol. The van der Waals surface area contributed by atoms with Crippen molar-refractivity contribution in [2.45, 2.75) is 18.2 Å². The number of amides is 1. The lowest BCUT2D eigenvalue weighted by Gasteiger charge is -2.13. The van der Waals surface area contributed by atoms with Crippen LogP contribution in [0.3, 0.4) is 0 Å². The molecule has 6 nitrogen and oxygen atoms in total. The number of hydrogen-bond donors (Lipinski definition) is 2. The number of ether oxygens (including phenoxy) is 1. The molecule has 1 heterocycles. The molecule has 1 atom stereocenters. The third-order valence-electron chi connectivity index (χ3n) is 3.35. The van der Waals surface area contributed by atoms with Crippen molar-refractivity contribution in [3.63, 3.8) is 0 Å². The van der Waals surface area contributed by atoms with Gasteiger partial charge in [0.25, 0.3) is 0 Å². The zero-order chi connectivity index (χ0) is 14.8. The van der Waals surface area contributed by atoms with Crippen LogP contribution in [0.2, 0.25) is 0 Å². The van der Waals surface area contributed by atoms with Gasteiger partial charge >= 0.3 is 0 Å². The van der Waals surface area contributed by atoms with Crippen LogP contribution in [0.15, 0.2) is 23.1 Å². The highest BCUT2D eigenvalue weighted by Gasteiger charge is 2.24. The first-order valence-corrected chi connectivity index (χ1v) is 7.85. The van der Waals surface area contributed by atoms with Crippen LogP contribution in [0, 0.1) is 12.8 Å². The van der Waals surface area contributed by atoms with Crippen molar-refractivity contribution in [3.05, 3.63) is 23.8 Å². The molecular weight excluding hydrogens is 280 g/mol. The number of benzene rings is 1. The van der Waals surface area contributed by atoms with Gasteiger partial charge in [0.05, 0.1) is 17.4 Å². The number of aryl methyl sites for hydroxylation is 1. The minimum absolute atomic E-state index is 0.128. The van der Waals surface area contributed by atoms with Gasteiger partial charge in [-0.1, -0.05) is 6.07 Å². The molecular formula is C13H18N2O4S. The maximum atomic E-state index is 12.0. The van der Waals surface area contributed by atoms with Crippen LogP contribution in [-0.4, -0.2) is 34.6 Å². The molecule has 0 radical (unpaired) electrons. The molecule has 20 heavy (non-hydrogen) atoms. The number of carbonyl (C=O) groups excluding carboxylic acids is 1. The summed E-state index contributed by atoms with van der Waals surface area (Å²) in [4.78, 5) is 12.2. The lowest BCUT2D eigenvalue weighted by Crippen LogP contribution is -2.24. The Morgan fingerprint density at radius 3 is 2.75 bits per heavy atom. The van der Waals surface area contributed by atoms with Gasteiger partial charge in [-0.15, -0.1) is 0 Å². The molecule has 0 aromatic heterocycles. The first kappa shape index (κ1) is 15.0. The smallest absolute Gasteiger partial charge is 0.240 e. The van der Waals surface area contributed by atoms with Gasteiger partial charge in [-0.2, -0.15) is 0 Å². The second kappa shape index (κ2) is 5.90. The van der Waals surface area contributed by atoms with E-state index in [9.17, 15) is 13.2 Å². The second-order valence-corrected chi connectivity index (χ2v) is 6.62. The number of sulfonamides is 1. The van der Waals surface area contributed by atoms with Crippen molar-refractivity contribution in [2.24, 2.45) is 5.92 Å². The maximum Gasteiger partial charge on any atom is 0.240 e. The van der Waals surface area contributed by atoms with E-state index in [4.69, 9.17) is 4.74 Å². The van der Waals surface area contributed by atoms with Gasteiger partial charge in [0.1, 0.15) is 0 Å². The van der Waals surface area contributed by atoms with Crippen molar-refractivity contribution < 1.29 is 17.9 Å². The van der Waals surface area contributed by atoms with Gasteiger partial charge in [-0.3, -0.25) is 4.79 Å². The minimum atomic E-state index is -3.52. The van der Waals surface area contributed by atoms with Crippen molar-refractivity contribution in [1.29, 1.82) is 0 Å². The van der Waals surface area contributed by atoms with E-state index in [1.807, 2.05) is 6.92 Å². The lowest BCUT2D eigenvalue weighted by molar-refractivity contribution is -0.119. The summed E-state index contributed by atoms with van der Waals surface area (Å²) in [7, 11) is -2.17. The summed E-state index contributed by atoms with van der Waals surface area (Å²) < 4.78 is 31.0. The van der Waals surface area contributed by atoms with Gasteiger partial charge in [-0.25, -0.2) is 13.1 Å². The van der Waals surface area contributed by atoms with Crippen LogP contribution in [-0.2, 0) is 19.6 Å². The molecule has 0 saturated carbocycles. The summed E-state index contributed by atoms with van der Waals surface area (Å²) in [5.41, 5.74) is 1.32. The Morgan fingerprint density at radius 2 is 2.15 bits per heavy atom. The molecule has 0 bridgehead atoms. The van der Waals surface area contributed by atoms with Gasteiger partial charge in [0.2, 0.25) is 15.9 Å². The van der Waals surface area contributed by atoms with E-state index in [2.05, 4.69) is 10.0 Å². The molecule has 1 aromatic rings. The van der Waals surface area contributed by atoms with Crippen LogP contribution < -0.4 is 10.0 Å². The number of hydrogen-bond acceptors (Lipinski definition) is 4. The maximum absolute atomic E-state index is 12.0. The highest BCUT2D eigenvalue weighted by molar-refractivity contribution is 7.89. The summed E-state index contributed by atoms with van der Waals surface area (Å²) in [6.45, 7) is 2.82. The van der Waals surface area contributed by atoms with E-state index in [1.54, 1.807) is 6.07 Å². The Kier molecular flexibility index (Phi) is 4.42. The van der Waals surface area contributed by atoms with Crippen LogP contribution in [0.1, 0.15) is 12.0 Å². The Balaban J connectivity index is 2.23. The number of carbonyl (C=O) groups is 1. The van der Waals surface area contributed by atoms with Crippen molar-refractivity contribution >= 4 is 21.6 Å². The predicted molar refractivity (Wildman–Crippen MR) is 75.0 cm³/mol. The average Bonchev–Trinajstić information content (AvgIpc) is 2.95. The zero-order valence-electron chi connectivity index (χ0n) is 11.5. The largest absolute Gasteiger partial charge is 0.381 e. The molecule has 1 fully saturated rings. The molecule has 110 valence electrons. The average molecular weight is 298 g/mol. The highest BCUT2D eigenvalue weighted by Crippen LogP contribution is 2.22. The third kappa shape index (κ3) is 3.17. The van der Waals surface area contributed by atoms with E-state index in [0.29, 0.717) is 25.3 Å². The lowest BCUT2D eigenvalue weighted by atomic mass is 10.1. The molecule has 7 heteroatoms. The van der Waals surface area contributed by atoms with Crippen LogP contribution >= 0.6 is 0 Å². The third-order valence-corrected chi connectivity index (χ3v) is 4.76. The van der Waals surface area contributed by atoms with E-state index >= 15 is 0 Å². The Labute approximate surface area is 118 Å².